The van der Waals surface area contributed by atoms with E-state index in [1.165, 1.54) is 13.0 Å². The van der Waals surface area contributed by atoms with Crippen molar-refractivity contribution in [2.24, 2.45) is 4.99 Å². The number of nitrogens with zero attached hydrogens (tertiary/aromatic N) is 4. The van der Waals surface area contributed by atoms with E-state index in [0.717, 1.165) is 35.6 Å². The molecule has 0 unspecified atom stereocenters. The number of alkyl halides is 3. The zero-order valence-corrected chi connectivity index (χ0v) is 24.8. The lowest BCUT2D eigenvalue weighted by Gasteiger charge is -2.08. The molecule has 9 nitrogen and oxygen atoms in total. The number of ether oxygens (including phenoxy) is 1. The molecule has 4 rings (SSSR count). The molecule has 2 aromatic carbocycles. The van der Waals surface area contributed by atoms with Gasteiger partial charge in [0.2, 0.25) is 0 Å². The van der Waals surface area contributed by atoms with Gasteiger partial charge in [-0.2, -0.15) is 13.2 Å². The van der Waals surface area contributed by atoms with Gasteiger partial charge in [-0.15, -0.1) is 0 Å². The number of aliphatic imine (C=N–C) groups is 1. The fourth-order valence-electron chi connectivity index (χ4n) is 3.47. The van der Waals surface area contributed by atoms with Gasteiger partial charge in [0.25, 0.3) is 0 Å². The van der Waals surface area contributed by atoms with E-state index in [4.69, 9.17) is 9.84 Å². The Balaban J connectivity index is 0.000000293. The lowest BCUT2D eigenvalue weighted by molar-refractivity contribution is -0.105. The lowest BCUT2D eigenvalue weighted by atomic mass is 10.1. The first-order valence-electron chi connectivity index (χ1n) is 13.1. The summed E-state index contributed by atoms with van der Waals surface area (Å²) in [5.41, 5.74) is 3.33. The first kappa shape index (κ1) is 34.8. The summed E-state index contributed by atoms with van der Waals surface area (Å²) < 4.78 is 41.7. The average molecular weight is 608 g/mol. The van der Waals surface area contributed by atoms with Crippen molar-refractivity contribution in [1.29, 1.82) is 0 Å². The van der Waals surface area contributed by atoms with Crippen molar-refractivity contribution in [1.82, 2.24) is 15.0 Å². The molecular weight excluding hydrogens is 575 g/mol. The van der Waals surface area contributed by atoms with Crippen molar-refractivity contribution in [3.63, 3.8) is 0 Å². The highest BCUT2D eigenvalue weighted by Gasteiger charge is 2.37. The molecule has 0 fully saturated rings. The van der Waals surface area contributed by atoms with Gasteiger partial charge in [-0.05, 0) is 74.4 Å². The van der Waals surface area contributed by atoms with E-state index in [0.29, 0.717) is 11.3 Å². The number of pyridine rings is 1. The van der Waals surface area contributed by atoms with Crippen molar-refractivity contribution in [2.75, 3.05) is 19.4 Å². The number of carboxylic acids is 1. The first-order chi connectivity index (χ1) is 20.9. The second-order valence-electron chi connectivity index (χ2n) is 8.87. The molecule has 0 aliphatic carbocycles. The topological polar surface area (TPSA) is 127 Å². The summed E-state index contributed by atoms with van der Waals surface area (Å²) in [6, 6.07) is 18.6. The van der Waals surface area contributed by atoms with Crippen molar-refractivity contribution in [2.45, 2.75) is 26.9 Å². The summed E-state index contributed by atoms with van der Waals surface area (Å²) in [4.78, 5) is 36.5. The minimum Gasteiger partial charge on any atom is -0.478 e. The van der Waals surface area contributed by atoms with Crippen LogP contribution in [0, 0.1) is 13.8 Å². The van der Waals surface area contributed by atoms with Crippen molar-refractivity contribution < 1.29 is 32.6 Å². The van der Waals surface area contributed by atoms with E-state index in [-0.39, 0.29) is 17.9 Å². The number of nitrogens with one attached hydrogen (secondary N) is 1. The van der Waals surface area contributed by atoms with Gasteiger partial charge in [0, 0.05) is 55.2 Å². The Hall–Kier alpha value is -5.39. The number of rotatable bonds is 7. The molecule has 0 saturated carbocycles. The van der Waals surface area contributed by atoms with Crippen LogP contribution in [-0.2, 0) is 4.79 Å². The van der Waals surface area contributed by atoms with Gasteiger partial charge in [0.05, 0.1) is 5.56 Å². The number of hydrogen-bond donors (Lipinski definition) is 2. The highest BCUT2D eigenvalue weighted by atomic mass is 19.4. The average Bonchev–Trinajstić information content (AvgIpc) is 3.01. The van der Waals surface area contributed by atoms with E-state index < -0.39 is 23.4 Å². The maximum atomic E-state index is 12.0. The predicted octanol–water partition coefficient (Wildman–Crippen LogP) is 7.14. The van der Waals surface area contributed by atoms with Crippen molar-refractivity contribution in [3.8, 4) is 22.9 Å². The van der Waals surface area contributed by atoms with Crippen LogP contribution < -0.4 is 10.1 Å². The second kappa shape index (κ2) is 16.9. The number of allylic oxidation sites excluding steroid dienone is 2. The quantitative estimate of drug-likeness (QED) is 0.129. The Labute approximate surface area is 253 Å². The summed E-state index contributed by atoms with van der Waals surface area (Å²) in [7, 11) is 2.87. The van der Waals surface area contributed by atoms with Crippen LogP contribution in [0.15, 0.2) is 95.9 Å². The zero-order valence-electron chi connectivity index (χ0n) is 24.8. The summed E-state index contributed by atoms with van der Waals surface area (Å²) >= 11 is 0. The molecule has 4 aromatic rings. The van der Waals surface area contributed by atoms with E-state index in [1.54, 1.807) is 37.6 Å². The molecule has 0 amide bonds. The van der Waals surface area contributed by atoms with Crippen LogP contribution >= 0.6 is 0 Å². The number of carbonyl (C=O) groups is 2. The number of benzene rings is 2. The standard InChI is InChI=1S/C19H17N3O3.C7H8F3NO.C6H7N/c1-12-9-14(18(23)24)5-8-17(12)25-19-21-10-15(11-22-19)13-3-6-16(20-2)7-4-13;1-3-5(4-12)6(11-2)7(8,9)10;1-6-4-2-3-5-7-6/h3-11,20H,1-2H3,(H,23,24);3-4H,1-2H3;2-5H,1H3/b;5-3-,11-6?;. The Morgan fingerprint density at radius 2 is 1.64 bits per heavy atom. The van der Waals surface area contributed by atoms with Crippen LogP contribution in [0.5, 0.6) is 11.8 Å². The predicted molar refractivity (Wildman–Crippen MR) is 163 cm³/mol. The fraction of sp³-hybridized carbons (Fsp3) is 0.188. The van der Waals surface area contributed by atoms with Gasteiger partial charge < -0.3 is 15.2 Å². The zero-order chi connectivity index (χ0) is 32.7. The molecule has 0 aliphatic heterocycles. The van der Waals surface area contributed by atoms with Crippen molar-refractivity contribution in [3.05, 3.63) is 108 Å². The lowest BCUT2D eigenvalue weighted by Crippen LogP contribution is -2.25. The largest absolute Gasteiger partial charge is 0.478 e. The van der Waals surface area contributed by atoms with E-state index in [1.807, 2.05) is 56.4 Å². The minimum absolute atomic E-state index is 0.135. The molecule has 230 valence electrons. The normalized spacial score (nSPS) is 11.3. The minimum atomic E-state index is -4.56. The summed E-state index contributed by atoms with van der Waals surface area (Å²) in [5.74, 6) is -0.448. The Morgan fingerprint density at radius 1 is 0.977 bits per heavy atom. The van der Waals surface area contributed by atoms with Crippen LogP contribution in [0.2, 0.25) is 0 Å². The number of hydrogen-bond acceptors (Lipinski definition) is 8. The van der Waals surface area contributed by atoms with E-state index in [2.05, 4.69) is 25.3 Å². The van der Waals surface area contributed by atoms with Gasteiger partial charge in [-0.25, -0.2) is 14.8 Å². The highest BCUT2D eigenvalue weighted by Crippen LogP contribution is 2.25. The first-order valence-corrected chi connectivity index (χ1v) is 13.1. The molecule has 2 heterocycles. The number of halogens is 3. The summed E-state index contributed by atoms with van der Waals surface area (Å²) in [5, 5.41) is 12.1. The third-order valence-electron chi connectivity index (χ3n) is 5.77. The maximum Gasteiger partial charge on any atom is 0.433 e. The molecule has 2 aromatic heterocycles. The Kier molecular flexibility index (Phi) is 13.4. The molecule has 12 heteroatoms. The molecule has 0 radical (unpaired) electrons. The fourth-order valence-corrected chi connectivity index (χ4v) is 3.47. The molecule has 0 spiro atoms. The van der Waals surface area contributed by atoms with Crippen molar-refractivity contribution >= 4 is 23.7 Å². The Morgan fingerprint density at radius 3 is 2.02 bits per heavy atom. The van der Waals surface area contributed by atoms with Gasteiger partial charge >= 0.3 is 18.2 Å². The number of carboxylic acid groups (broad SMARTS) is 1. The smallest absolute Gasteiger partial charge is 0.433 e. The number of aromatic carboxylic acids is 1. The third kappa shape index (κ3) is 10.8. The molecule has 0 atom stereocenters. The van der Waals surface area contributed by atoms with Crippen LogP contribution in [0.1, 0.15) is 28.5 Å². The van der Waals surface area contributed by atoms with Gasteiger partial charge in [-0.1, -0.05) is 24.3 Å². The molecule has 44 heavy (non-hydrogen) atoms. The second-order valence-corrected chi connectivity index (χ2v) is 8.87. The number of aromatic nitrogens is 3. The maximum absolute atomic E-state index is 12.0. The summed E-state index contributed by atoms with van der Waals surface area (Å²) in [6.45, 7) is 5.10. The van der Waals surface area contributed by atoms with Crippen LogP contribution in [0.25, 0.3) is 11.1 Å². The number of aryl methyl sites for hydroxylation is 2. The molecule has 0 aliphatic rings. The van der Waals surface area contributed by atoms with E-state index >= 15 is 0 Å². The third-order valence-corrected chi connectivity index (χ3v) is 5.77. The molecule has 2 N–H and O–H groups in total. The number of aldehydes is 1. The number of carbonyl (C=O) groups excluding carboxylic acids is 1. The van der Waals surface area contributed by atoms with Gasteiger partial charge in [0.1, 0.15) is 11.5 Å². The highest BCUT2D eigenvalue weighted by molar-refractivity contribution is 6.17. The van der Waals surface area contributed by atoms with Crippen LogP contribution in [0.4, 0.5) is 18.9 Å². The van der Waals surface area contributed by atoms with Crippen LogP contribution in [-0.4, -0.2) is 58.3 Å². The number of anilines is 1. The van der Waals surface area contributed by atoms with Gasteiger partial charge in [-0.3, -0.25) is 14.8 Å². The molecule has 0 bridgehead atoms. The monoisotopic (exact) mass is 607 g/mol. The van der Waals surface area contributed by atoms with E-state index in [9.17, 15) is 22.8 Å². The molecular formula is C32H32F3N5O4. The van der Waals surface area contributed by atoms with Gasteiger partial charge in [0.15, 0.2) is 6.29 Å². The van der Waals surface area contributed by atoms with Crippen LogP contribution in [0.3, 0.4) is 0 Å². The SMILES string of the molecule is C/C=C(/C=O)C(=NC)C(F)(F)F.CNc1ccc(-c2cnc(Oc3ccc(C(=O)O)cc3C)nc2)cc1.Cc1ccccn1. The molecule has 0 saturated heterocycles. The summed E-state index contributed by atoms with van der Waals surface area (Å²) in [6.07, 6.45) is 1.82. The Bertz CT molecular complexity index is 1570.